The van der Waals surface area contributed by atoms with Crippen LogP contribution < -0.4 is 14.8 Å². The van der Waals surface area contributed by atoms with Gasteiger partial charge in [-0.15, -0.1) is 0 Å². The summed E-state index contributed by atoms with van der Waals surface area (Å²) in [6, 6.07) is 18.4. The first-order valence-corrected chi connectivity index (χ1v) is 10.7. The molecular formula is C22H21FN2O4S. The molecule has 0 aromatic heterocycles. The summed E-state index contributed by atoms with van der Waals surface area (Å²) >= 11 is 0. The van der Waals surface area contributed by atoms with Crippen molar-refractivity contribution in [1.82, 2.24) is 4.72 Å². The van der Waals surface area contributed by atoms with Crippen LogP contribution >= 0.6 is 0 Å². The molecule has 3 aromatic carbocycles. The Kier molecular flexibility index (Phi) is 6.49. The fraction of sp³-hybridized carbons (Fsp3) is 0.136. The Balaban J connectivity index is 1.88. The van der Waals surface area contributed by atoms with Gasteiger partial charge in [0.2, 0.25) is 10.0 Å². The van der Waals surface area contributed by atoms with Gasteiger partial charge in [0.05, 0.1) is 16.1 Å². The normalized spacial score (nSPS) is 11.3. The molecule has 0 unspecified atom stereocenters. The van der Waals surface area contributed by atoms with Crippen LogP contribution in [0.15, 0.2) is 77.7 Å². The van der Waals surface area contributed by atoms with Crippen molar-refractivity contribution in [3.63, 3.8) is 0 Å². The Labute approximate surface area is 174 Å². The summed E-state index contributed by atoms with van der Waals surface area (Å²) in [5, 5.41) is 2.59. The van der Waals surface area contributed by atoms with Crippen molar-refractivity contribution in [2.24, 2.45) is 0 Å². The summed E-state index contributed by atoms with van der Waals surface area (Å²) in [6.45, 7) is 3.33. The number of hydrogen-bond donors (Lipinski definition) is 2. The number of anilines is 1. The summed E-state index contributed by atoms with van der Waals surface area (Å²) in [7, 11) is -3.88. The first-order valence-electron chi connectivity index (χ1n) is 9.21. The minimum atomic E-state index is -3.88. The fourth-order valence-corrected chi connectivity index (χ4v) is 3.96. The van der Waals surface area contributed by atoms with Crippen molar-refractivity contribution in [3.8, 4) is 11.5 Å². The van der Waals surface area contributed by atoms with Gasteiger partial charge in [0.1, 0.15) is 11.6 Å². The summed E-state index contributed by atoms with van der Waals surface area (Å²) in [6.07, 6.45) is 0. The zero-order chi connectivity index (χ0) is 21.7. The van der Waals surface area contributed by atoms with Gasteiger partial charge in [0.15, 0.2) is 5.75 Å². The molecule has 0 fully saturated rings. The van der Waals surface area contributed by atoms with E-state index in [1.54, 1.807) is 50.2 Å². The van der Waals surface area contributed by atoms with Gasteiger partial charge < -0.3 is 10.1 Å². The minimum Gasteiger partial charge on any atom is -0.455 e. The van der Waals surface area contributed by atoms with Gasteiger partial charge in [0.25, 0.3) is 5.91 Å². The predicted molar refractivity (Wildman–Crippen MR) is 113 cm³/mol. The average Bonchev–Trinajstić information content (AvgIpc) is 2.69. The maximum Gasteiger partial charge on any atom is 0.258 e. The Morgan fingerprint density at radius 3 is 2.33 bits per heavy atom. The smallest absolute Gasteiger partial charge is 0.258 e. The number of carbonyl (C=O) groups is 1. The summed E-state index contributed by atoms with van der Waals surface area (Å²) in [4.78, 5) is 12.5. The molecule has 156 valence electrons. The van der Waals surface area contributed by atoms with Gasteiger partial charge in [-0.25, -0.2) is 17.5 Å². The molecule has 0 aliphatic carbocycles. The number of halogens is 1. The topological polar surface area (TPSA) is 84.5 Å². The second-order valence-electron chi connectivity index (χ2n) is 6.78. The molecule has 3 rings (SSSR count). The molecule has 0 spiro atoms. The molecular weight excluding hydrogens is 407 g/mol. The second-order valence-corrected chi connectivity index (χ2v) is 8.50. The largest absolute Gasteiger partial charge is 0.455 e. The number of hydrogen-bond acceptors (Lipinski definition) is 4. The van der Waals surface area contributed by atoms with E-state index in [0.29, 0.717) is 17.2 Å². The van der Waals surface area contributed by atoms with E-state index in [4.69, 9.17) is 4.74 Å². The van der Waals surface area contributed by atoms with Crippen molar-refractivity contribution >= 4 is 21.6 Å². The Hall–Kier alpha value is -3.23. The third kappa shape index (κ3) is 5.22. The zero-order valence-corrected chi connectivity index (χ0v) is 17.2. The lowest BCUT2D eigenvalue weighted by atomic mass is 10.2. The molecule has 0 heterocycles. The van der Waals surface area contributed by atoms with Crippen LogP contribution in [0.2, 0.25) is 0 Å². The summed E-state index contributed by atoms with van der Waals surface area (Å²) < 4.78 is 47.2. The average molecular weight is 428 g/mol. The monoisotopic (exact) mass is 428 g/mol. The first kappa shape index (κ1) is 21.5. The van der Waals surface area contributed by atoms with Crippen LogP contribution in [-0.4, -0.2) is 20.4 Å². The molecule has 0 aliphatic rings. The lowest BCUT2D eigenvalue weighted by molar-refractivity contribution is 0.102. The number of nitrogens with one attached hydrogen (secondary N) is 2. The van der Waals surface area contributed by atoms with Crippen molar-refractivity contribution in [2.45, 2.75) is 24.8 Å². The second kappa shape index (κ2) is 9.06. The van der Waals surface area contributed by atoms with Crippen LogP contribution in [0.1, 0.15) is 24.2 Å². The molecule has 8 heteroatoms. The third-order valence-corrected chi connectivity index (χ3v) is 5.65. The molecule has 0 aliphatic heterocycles. The van der Waals surface area contributed by atoms with Gasteiger partial charge in [-0.2, -0.15) is 0 Å². The standard InChI is InChI=1S/C22H21FN2O4S/c1-15(2)25-30(27,28)17-12-13-19(23)18(14-17)22(26)24-20-10-6-7-11-21(20)29-16-8-4-3-5-9-16/h3-15,25H,1-2H3,(H,24,26). The highest BCUT2D eigenvalue weighted by atomic mass is 32.2. The number of carbonyl (C=O) groups excluding carboxylic acids is 1. The molecule has 0 bridgehead atoms. The van der Waals surface area contributed by atoms with E-state index in [1.807, 2.05) is 18.2 Å². The number of benzene rings is 3. The highest BCUT2D eigenvalue weighted by Gasteiger charge is 2.21. The predicted octanol–water partition coefficient (Wildman–Crippen LogP) is 4.56. The van der Waals surface area contributed by atoms with E-state index in [-0.39, 0.29) is 10.9 Å². The highest BCUT2D eigenvalue weighted by Crippen LogP contribution is 2.29. The van der Waals surface area contributed by atoms with Crippen molar-refractivity contribution in [3.05, 3.63) is 84.2 Å². The number of para-hydroxylation sites is 3. The molecule has 0 saturated carbocycles. The fourth-order valence-electron chi connectivity index (χ4n) is 2.69. The van der Waals surface area contributed by atoms with Gasteiger partial charge >= 0.3 is 0 Å². The minimum absolute atomic E-state index is 0.198. The van der Waals surface area contributed by atoms with Gasteiger partial charge in [0, 0.05) is 6.04 Å². The number of sulfonamides is 1. The highest BCUT2D eigenvalue weighted by molar-refractivity contribution is 7.89. The van der Waals surface area contributed by atoms with Crippen LogP contribution in [0, 0.1) is 5.82 Å². The number of rotatable bonds is 7. The quantitative estimate of drug-likeness (QED) is 0.578. The Bertz CT molecular complexity index is 1150. The lowest BCUT2D eigenvalue weighted by Gasteiger charge is -2.14. The van der Waals surface area contributed by atoms with Crippen molar-refractivity contribution < 1.29 is 22.3 Å². The Morgan fingerprint density at radius 2 is 1.63 bits per heavy atom. The van der Waals surface area contributed by atoms with E-state index in [1.165, 1.54) is 0 Å². The molecule has 0 atom stereocenters. The van der Waals surface area contributed by atoms with Crippen LogP contribution in [0.3, 0.4) is 0 Å². The number of ether oxygens (including phenoxy) is 1. The van der Waals surface area contributed by atoms with Crippen LogP contribution in [0.5, 0.6) is 11.5 Å². The molecule has 3 aromatic rings. The molecule has 30 heavy (non-hydrogen) atoms. The maximum absolute atomic E-state index is 14.3. The molecule has 0 saturated heterocycles. The van der Waals surface area contributed by atoms with Gasteiger partial charge in [-0.1, -0.05) is 30.3 Å². The first-order chi connectivity index (χ1) is 14.3. The van der Waals surface area contributed by atoms with Crippen LogP contribution in [0.25, 0.3) is 0 Å². The molecule has 6 nitrogen and oxygen atoms in total. The summed E-state index contributed by atoms with van der Waals surface area (Å²) in [5.41, 5.74) is -0.0736. The molecule has 1 amide bonds. The number of amides is 1. The third-order valence-electron chi connectivity index (χ3n) is 3.99. The van der Waals surface area contributed by atoms with Gasteiger partial charge in [-0.05, 0) is 56.3 Å². The lowest BCUT2D eigenvalue weighted by Crippen LogP contribution is -2.30. The summed E-state index contributed by atoms with van der Waals surface area (Å²) in [5.74, 6) is -0.698. The van der Waals surface area contributed by atoms with Gasteiger partial charge in [-0.3, -0.25) is 4.79 Å². The SMILES string of the molecule is CC(C)NS(=O)(=O)c1ccc(F)c(C(=O)Nc2ccccc2Oc2ccccc2)c1. The van der Waals surface area contributed by atoms with E-state index in [0.717, 1.165) is 18.2 Å². The van der Waals surface area contributed by atoms with E-state index in [9.17, 15) is 17.6 Å². The van der Waals surface area contributed by atoms with E-state index >= 15 is 0 Å². The van der Waals surface area contributed by atoms with Crippen molar-refractivity contribution in [2.75, 3.05) is 5.32 Å². The maximum atomic E-state index is 14.3. The van der Waals surface area contributed by atoms with Crippen LogP contribution in [0.4, 0.5) is 10.1 Å². The van der Waals surface area contributed by atoms with Crippen molar-refractivity contribution in [1.29, 1.82) is 0 Å². The van der Waals surface area contributed by atoms with E-state index < -0.39 is 27.3 Å². The van der Waals surface area contributed by atoms with E-state index in [2.05, 4.69) is 10.0 Å². The zero-order valence-electron chi connectivity index (χ0n) is 16.4. The van der Waals surface area contributed by atoms with Crippen LogP contribution in [-0.2, 0) is 10.0 Å². The molecule has 2 N–H and O–H groups in total. The molecule has 0 radical (unpaired) electrons. The Morgan fingerprint density at radius 1 is 0.967 bits per heavy atom.